The van der Waals surface area contributed by atoms with Crippen molar-refractivity contribution in [3.8, 4) is 0 Å². The number of aromatic nitrogens is 2. The molecule has 0 aliphatic carbocycles. The largest absolute Gasteiger partial charge is 0.311 e. The lowest BCUT2D eigenvalue weighted by atomic mass is 10.2. The van der Waals surface area contributed by atoms with Gasteiger partial charge in [-0.15, -0.1) is 5.10 Å². The Labute approximate surface area is 77.4 Å². The molecule has 68 valence electrons. The van der Waals surface area contributed by atoms with Gasteiger partial charge in [0.15, 0.2) is 0 Å². The van der Waals surface area contributed by atoms with Crippen LogP contribution in [0.25, 0.3) is 0 Å². The Balaban J connectivity index is 1.96. The molecule has 1 aromatic rings. The molecule has 1 rings (SSSR count). The van der Waals surface area contributed by atoms with E-state index in [0.29, 0.717) is 0 Å². The molecular formula is C8H15N3S. The van der Waals surface area contributed by atoms with E-state index in [1.807, 2.05) is 5.38 Å². The van der Waals surface area contributed by atoms with Gasteiger partial charge in [0.05, 0.1) is 5.69 Å². The minimum absolute atomic E-state index is 0.861. The molecule has 1 heterocycles. The summed E-state index contributed by atoms with van der Waals surface area (Å²) < 4.78 is 3.79. The van der Waals surface area contributed by atoms with Crippen molar-refractivity contribution in [3.63, 3.8) is 0 Å². The lowest BCUT2D eigenvalue weighted by Gasteiger charge is -1.99. The predicted molar refractivity (Wildman–Crippen MR) is 51.1 cm³/mol. The summed E-state index contributed by atoms with van der Waals surface area (Å²) in [6, 6.07) is 0. The fraction of sp³-hybridized carbons (Fsp3) is 0.750. The van der Waals surface area contributed by atoms with Crippen LogP contribution in [0.2, 0.25) is 0 Å². The van der Waals surface area contributed by atoms with Crippen molar-refractivity contribution in [2.75, 3.05) is 6.54 Å². The molecule has 0 saturated carbocycles. The quantitative estimate of drug-likeness (QED) is 0.687. The minimum atomic E-state index is 0.861. The molecule has 0 amide bonds. The van der Waals surface area contributed by atoms with E-state index in [1.54, 1.807) is 0 Å². The van der Waals surface area contributed by atoms with Gasteiger partial charge in [0.1, 0.15) is 0 Å². The Kier molecular flexibility index (Phi) is 4.87. The average molecular weight is 185 g/mol. The first kappa shape index (κ1) is 9.61. The molecule has 0 atom stereocenters. The Morgan fingerprint density at radius 2 is 2.42 bits per heavy atom. The first-order valence-electron chi connectivity index (χ1n) is 4.40. The summed E-state index contributed by atoms with van der Waals surface area (Å²) in [7, 11) is 0. The molecule has 4 heteroatoms. The van der Waals surface area contributed by atoms with Crippen molar-refractivity contribution in [2.24, 2.45) is 0 Å². The van der Waals surface area contributed by atoms with E-state index in [4.69, 9.17) is 0 Å². The van der Waals surface area contributed by atoms with E-state index >= 15 is 0 Å². The lowest BCUT2D eigenvalue weighted by molar-refractivity contribution is 0.610. The predicted octanol–water partition coefficient (Wildman–Crippen LogP) is 1.82. The van der Waals surface area contributed by atoms with Crippen LogP contribution in [0.4, 0.5) is 0 Å². The first-order valence-corrected chi connectivity index (χ1v) is 5.23. The van der Waals surface area contributed by atoms with Crippen LogP contribution in [0.5, 0.6) is 0 Å². The zero-order chi connectivity index (χ0) is 8.65. The zero-order valence-corrected chi connectivity index (χ0v) is 8.23. The molecule has 0 saturated heterocycles. The van der Waals surface area contributed by atoms with Crippen molar-refractivity contribution in [1.29, 1.82) is 0 Å². The summed E-state index contributed by atoms with van der Waals surface area (Å²) in [6.07, 6.45) is 3.84. The average Bonchev–Trinajstić information content (AvgIpc) is 2.57. The first-order chi connectivity index (χ1) is 5.93. The third-order valence-electron chi connectivity index (χ3n) is 1.67. The van der Waals surface area contributed by atoms with Crippen molar-refractivity contribution < 1.29 is 0 Å². The Hall–Kier alpha value is -0.480. The number of rotatable bonds is 6. The van der Waals surface area contributed by atoms with E-state index in [0.717, 1.165) is 18.8 Å². The van der Waals surface area contributed by atoms with Gasteiger partial charge in [0.2, 0.25) is 0 Å². The molecule has 0 spiro atoms. The van der Waals surface area contributed by atoms with Crippen LogP contribution in [0.1, 0.15) is 31.9 Å². The van der Waals surface area contributed by atoms with Crippen LogP contribution in [-0.4, -0.2) is 16.1 Å². The Morgan fingerprint density at radius 1 is 1.50 bits per heavy atom. The van der Waals surface area contributed by atoms with Crippen LogP contribution in [0.3, 0.4) is 0 Å². The van der Waals surface area contributed by atoms with E-state index in [9.17, 15) is 0 Å². The molecule has 12 heavy (non-hydrogen) atoms. The lowest BCUT2D eigenvalue weighted by Crippen LogP contribution is -2.14. The smallest absolute Gasteiger partial charge is 0.0893 e. The maximum Gasteiger partial charge on any atom is 0.0893 e. The summed E-state index contributed by atoms with van der Waals surface area (Å²) in [5.41, 5.74) is 1.05. The summed E-state index contributed by atoms with van der Waals surface area (Å²) in [5.74, 6) is 0. The van der Waals surface area contributed by atoms with Crippen LogP contribution in [0, 0.1) is 0 Å². The monoisotopic (exact) mass is 185 g/mol. The third kappa shape index (κ3) is 3.78. The van der Waals surface area contributed by atoms with E-state index < -0.39 is 0 Å². The fourth-order valence-corrected chi connectivity index (χ4v) is 1.43. The maximum absolute atomic E-state index is 3.94. The highest BCUT2D eigenvalue weighted by molar-refractivity contribution is 7.03. The van der Waals surface area contributed by atoms with Gasteiger partial charge in [-0.2, -0.15) is 0 Å². The minimum Gasteiger partial charge on any atom is -0.311 e. The van der Waals surface area contributed by atoms with Gasteiger partial charge in [0, 0.05) is 11.9 Å². The second-order valence-corrected chi connectivity index (χ2v) is 3.39. The van der Waals surface area contributed by atoms with Crippen LogP contribution < -0.4 is 5.32 Å². The number of nitrogens with one attached hydrogen (secondary N) is 1. The van der Waals surface area contributed by atoms with Crippen LogP contribution in [-0.2, 0) is 6.54 Å². The maximum atomic E-state index is 3.94. The van der Waals surface area contributed by atoms with Crippen molar-refractivity contribution in [2.45, 2.75) is 32.7 Å². The van der Waals surface area contributed by atoms with Crippen molar-refractivity contribution in [3.05, 3.63) is 11.1 Å². The molecule has 0 radical (unpaired) electrons. The number of hydrogen-bond donors (Lipinski definition) is 1. The van der Waals surface area contributed by atoms with E-state index in [-0.39, 0.29) is 0 Å². The van der Waals surface area contributed by atoms with Gasteiger partial charge in [-0.25, -0.2) is 0 Å². The summed E-state index contributed by atoms with van der Waals surface area (Å²) in [4.78, 5) is 0. The zero-order valence-electron chi connectivity index (χ0n) is 7.42. The number of hydrogen-bond acceptors (Lipinski definition) is 4. The van der Waals surface area contributed by atoms with Crippen molar-refractivity contribution in [1.82, 2.24) is 14.9 Å². The molecule has 3 nitrogen and oxygen atoms in total. The summed E-state index contributed by atoms with van der Waals surface area (Å²) in [6.45, 7) is 4.16. The van der Waals surface area contributed by atoms with Crippen LogP contribution >= 0.6 is 11.5 Å². The second kappa shape index (κ2) is 6.08. The molecule has 1 aromatic heterocycles. The molecule has 1 N–H and O–H groups in total. The molecule has 0 fully saturated rings. The van der Waals surface area contributed by atoms with Crippen LogP contribution in [0.15, 0.2) is 5.38 Å². The molecule has 0 aliphatic rings. The van der Waals surface area contributed by atoms with Gasteiger partial charge < -0.3 is 5.32 Å². The van der Waals surface area contributed by atoms with E-state index in [2.05, 4.69) is 21.8 Å². The number of nitrogens with zero attached hydrogens (tertiary/aromatic N) is 2. The topological polar surface area (TPSA) is 37.8 Å². The van der Waals surface area contributed by atoms with Crippen molar-refractivity contribution >= 4 is 11.5 Å². The van der Waals surface area contributed by atoms with Gasteiger partial charge in [-0.3, -0.25) is 0 Å². The molecule has 0 aromatic carbocycles. The molecule has 0 bridgehead atoms. The fourth-order valence-electron chi connectivity index (χ4n) is 0.977. The SMILES string of the molecule is CCCCCNCc1csnn1. The molecular weight excluding hydrogens is 170 g/mol. The highest BCUT2D eigenvalue weighted by Gasteiger charge is 1.93. The highest BCUT2D eigenvalue weighted by atomic mass is 32.1. The molecule has 0 aliphatic heterocycles. The number of unbranched alkanes of at least 4 members (excludes halogenated alkanes) is 2. The Morgan fingerprint density at radius 3 is 3.08 bits per heavy atom. The standard InChI is InChI=1S/C8H15N3S/c1-2-3-4-5-9-6-8-7-12-11-10-8/h7,9H,2-6H2,1H3. The van der Waals surface area contributed by atoms with Gasteiger partial charge >= 0.3 is 0 Å². The molecule has 0 unspecified atom stereocenters. The van der Waals surface area contributed by atoms with Gasteiger partial charge in [0.25, 0.3) is 0 Å². The summed E-state index contributed by atoms with van der Waals surface area (Å²) in [5, 5.41) is 9.25. The van der Waals surface area contributed by atoms with Gasteiger partial charge in [-0.05, 0) is 24.5 Å². The normalized spacial score (nSPS) is 10.4. The van der Waals surface area contributed by atoms with Gasteiger partial charge in [-0.1, -0.05) is 24.3 Å². The third-order valence-corrected chi connectivity index (χ3v) is 2.22. The highest BCUT2D eigenvalue weighted by Crippen LogP contribution is 1.96. The van der Waals surface area contributed by atoms with E-state index in [1.165, 1.54) is 30.8 Å². The second-order valence-electron chi connectivity index (χ2n) is 2.78. The summed E-state index contributed by atoms with van der Waals surface area (Å²) >= 11 is 1.41. The Bertz CT molecular complexity index is 186.